The third kappa shape index (κ3) is 4.31. The zero-order valence-electron chi connectivity index (χ0n) is 12.2. The zero-order chi connectivity index (χ0) is 13.7. The van der Waals surface area contributed by atoms with Crippen LogP contribution in [0.15, 0.2) is 24.3 Å². The van der Waals surface area contributed by atoms with Crippen molar-refractivity contribution in [3.63, 3.8) is 0 Å². The molecule has 2 heteroatoms. The van der Waals surface area contributed by atoms with Gasteiger partial charge in [0.25, 0.3) is 0 Å². The number of hydrogen-bond donors (Lipinski definition) is 1. The monoisotopic (exact) mass is 263 g/mol. The van der Waals surface area contributed by atoms with Crippen LogP contribution in [0.2, 0.25) is 0 Å². The van der Waals surface area contributed by atoms with E-state index in [9.17, 15) is 4.39 Å². The zero-order valence-corrected chi connectivity index (χ0v) is 12.2. The van der Waals surface area contributed by atoms with E-state index in [0.717, 1.165) is 12.5 Å². The molecule has 0 aromatic heterocycles. The first kappa shape index (κ1) is 14.5. The van der Waals surface area contributed by atoms with E-state index in [4.69, 9.17) is 0 Å². The molecule has 1 aliphatic carbocycles. The van der Waals surface area contributed by atoms with E-state index < -0.39 is 0 Å². The third-order valence-corrected chi connectivity index (χ3v) is 4.26. The van der Waals surface area contributed by atoms with Crippen LogP contribution < -0.4 is 5.32 Å². The van der Waals surface area contributed by atoms with Crippen LogP contribution in [0, 0.1) is 11.7 Å². The number of nitrogens with one attached hydrogen (secondary N) is 1. The van der Waals surface area contributed by atoms with Gasteiger partial charge in [0.15, 0.2) is 0 Å². The predicted octanol–water partition coefficient (Wildman–Crippen LogP) is 4.49. The largest absolute Gasteiger partial charge is 0.314 e. The second-order valence-corrected chi connectivity index (χ2v) is 6.12. The summed E-state index contributed by atoms with van der Waals surface area (Å²) in [5.74, 6) is 1.15. The van der Waals surface area contributed by atoms with Crippen LogP contribution in [0.4, 0.5) is 4.39 Å². The molecular weight excluding hydrogens is 237 g/mol. The minimum atomic E-state index is -0.136. The Hall–Kier alpha value is -0.890. The first-order valence-corrected chi connectivity index (χ1v) is 7.65. The van der Waals surface area contributed by atoms with Crippen LogP contribution in [0.5, 0.6) is 0 Å². The molecule has 1 atom stereocenters. The predicted molar refractivity (Wildman–Crippen MR) is 78.9 cm³/mol. The van der Waals surface area contributed by atoms with Gasteiger partial charge >= 0.3 is 0 Å². The third-order valence-electron chi connectivity index (χ3n) is 4.26. The lowest BCUT2D eigenvalue weighted by Crippen LogP contribution is -2.32. The molecule has 1 saturated carbocycles. The van der Waals surface area contributed by atoms with Crippen molar-refractivity contribution in [3.05, 3.63) is 35.6 Å². The fraction of sp³-hybridized carbons (Fsp3) is 0.647. The molecule has 0 saturated heterocycles. The van der Waals surface area contributed by atoms with Crippen molar-refractivity contribution in [2.24, 2.45) is 5.92 Å². The average Bonchev–Trinajstić information content (AvgIpc) is 2.42. The van der Waals surface area contributed by atoms with Crippen molar-refractivity contribution >= 4 is 0 Å². The molecule has 1 fully saturated rings. The Morgan fingerprint density at radius 3 is 2.32 bits per heavy atom. The van der Waals surface area contributed by atoms with Crippen molar-refractivity contribution in [2.45, 2.75) is 57.9 Å². The van der Waals surface area contributed by atoms with Gasteiger partial charge in [-0.1, -0.05) is 45.2 Å². The maximum absolute atomic E-state index is 13.1. The average molecular weight is 263 g/mol. The first-order valence-electron chi connectivity index (χ1n) is 7.65. The van der Waals surface area contributed by atoms with E-state index in [1.807, 2.05) is 12.1 Å². The molecule has 1 N–H and O–H groups in total. The lowest BCUT2D eigenvalue weighted by atomic mass is 9.76. The van der Waals surface area contributed by atoms with Crippen LogP contribution in [-0.2, 0) is 0 Å². The normalized spacial score (nSPS) is 18.7. The Bertz CT molecular complexity index is 365. The van der Waals surface area contributed by atoms with E-state index in [0.29, 0.717) is 12.0 Å². The van der Waals surface area contributed by atoms with Gasteiger partial charge in [-0.2, -0.15) is 0 Å². The van der Waals surface area contributed by atoms with E-state index in [2.05, 4.69) is 19.2 Å². The maximum Gasteiger partial charge on any atom is 0.123 e. The van der Waals surface area contributed by atoms with Gasteiger partial charge in [-0.3, -0.25) is 0 Å². The van der Waals surface area contributed by atoms with E-state index in [1.165, 1.54) is 37.7 Å². The Labute approximate surface area is 116 Å². The highest BCUT2D eigenvalue weighted by Crippen LogP contribution is 2.35. The maximum atomic E-state index is 13.1. The first-order chi connectivity index (χ1) is 9.16. The highest BCUT2D eigenvalue weighted by atomic mass is 19.1. The molecule has 0 radical (unpaired) electrons. The lowest BCUT2D eigenvalue weighted by Gasteiger charge is -2.31. The molecule has 0 spiro atoms. The number of rotatable bonds is 5. The molecule has 1 aromatic rings. The molecule has 1 unspecified atom stereocenters. The van der Waals surface area contributed by atoms with Gasteiger partial charge in [0.05, 0.1) is 0 Å². The molecule has 106 valence electrons. The number of halogens is 1. The molecule has 0 amide bonds. The van der Waals surface area contributed by atoms with Crippen LogP contribution in [0.25, 0.3) is 0 Å². The second-order valence-electron chi connectivity index (χ2n) is 6.12. The molecule has 1 nitrogen and oxygen atoms in total. The molecule has 1 aliphatic rings. The summed E-state index contributed by atoms with van der Waals surface area (Å²) in [4.78, 5) is 0. The van der Waals surface area contributed by atoms with Crippen LogP contribution in [0.1, 0.15) is 57.4 Å². The van der Waals surface area contributed by atoms with Crippen LogP contribution in [-0.4, -0.2) is 12.6 Å². The minimum Gasteiger partial charge on any atom is -0.314 e. The van der Waals surface area contributed by atoms with E-state index in [1.54, 1.807) is 12.1 Å². The summed E-state index contributed by atoms with van der Waals surface area (Å²) in [5, 5.41) is 3.56. The molecule has 19 heavy (non-hydrogen) atoms. The minimum absolute atomic E-state index is 0.136. The highest BCUT2D eigenvalue weighted by molar-refractivity contribution is 5.22. The topological polar surface area (TPSA) is 12.0 Å². The van der Waals surface area contributed by atoms with Gasteiger partial charge in [0.2, 0.25) is 0 Å². The highest BCUT2D eigenvalue weighted by Gasteiger charge is 2.25. The molecule has 0 heterocycles. The van der Waals surface area contributed by atoms with Crippen molar-refractivity contribution in [2.75, 3.05) is 6.54 Å². The van der Waals surface area contributed by atoms with Crippen molar-refractivity contribution in [3.8, 4) is 0 Å². The van der Waals surface area contributed by atoms with Crippen molar-refractivity contribution in [1.29, 1.82) is 0 Å². The second kappa shape index (κ2) is 7.04. The van der Waals surface area contributed by atoms with Gasteiger partial charge in [-0.15, -0.1) is 0 Å². The van der Waals surface area contributed by atoms with Gasteiger partial charge in [-0.25, -0.2) is 4.39 Å². The number of hydrogen-bond acceptors (Lipinski definition) is 1. The number of benzene rings is 1. The summed E-state index contributed by atoms with van der Waals surface area (Å²) < 4.78 is 13.1. The Morgan fingerprint density at radius 1 is 1.11 bits per heavy atom. The van der Waals surface area contributed by atoms with E-state index >= 15 is 0 Å². The molecule has 1 aromatic carbocycles. The van der Waals surface area contributed by atoms with Gasteiger partial charge in [-0.05, 0) is 42.4 Å². The van der Waals surface area contributed by atoms with E-state index in [-0.39, 0.29) is 5.82 Å². The molecule has 0 bridgehead atoms. The van der Waals surface area contributed by atoms with Crippen molar-refractivity contribution < 1.29 is 4.39 Å². The fourth-order valence-electron chi connectivity index (χ4n) is 3.17. The summed E-state index contributed by atoms with van der Waals surface area (Å²) in [6.07, 6.45) is 6.72. The van der Waals surface area contributed by atoms with Crippen LogP contribution >= 0.6 is 0 Å². The standard InChI is InChI=1S/C17H26FN/c1-13(2)19-12-17(14-6-4-3-5-7-14)15-8-10-16(18)11-9-15/h8-11,13-14,17,19H,3-7,12H2,1-2H3. The molecule has 2 rings (SSSR count). The Morgan fingerprint density at radius 2 is 1.74 bits per heavy atom. The smallest absolute Gasteiger partial charge is 0.123 e. The summed E-state index contributed by atoms with van der Waals surface area (Å²) in [5.41, 5.74) is 1.29. The lowest BCUT2D eigenvalue weighted by molar-refractivity contribution is 0.293. The van der Waals surface area contributed by atoms with Crippen LogP contribution in [0.3, 0.4) is 0 Å². The van der Waals surface area contributed by atoms with Crippen molar-refractivity contribution in [1.82, 2.24) is 5.32 Å². The van der Waals surface area contributed by atoms with Gasteiger partial charge in [0, 0.05) is 12.6 Å². The Kier molecular flexibility index (Phi) is 5.38. The fourth-order valence-corrected chi connectivity index (χ4v) is 3.17. The summed E-state index contributed by atoms with van der Waals surface area (Å²) in [6.45, 7) is 5.37. The molecule has 0 aliphatic heterocycles. The SMILES string of the molecule is CC(C)NCC(c1ccc(F)cc1)C1CCCCC1. The molecular formula is C17H26FN. The summed E-state index contributed by atoms with van der Waals surface area (Å²) >= 11 is 0. The Balaban J connectivity index is 2.10. The summed E-state index contributed by atoms with van der Waals surface area (Å²) in [6, 6.07) is 7.64. The van der Waals surface area contributed by atoms with Gasteiger partial charge < -0.3 is 5.32 Å². The summed E-state index contributed by atoms with van der Waals surface area (Å²) in [7, 11) is 0. The quantitative estimate of drug-likeness (QED) is 0.825. The van der Waals surface area contributed by atoms with Gasteiger partial charge in [0.1, 0.15) is 5.82 Å².